The van der Waals surface area contributed by atoms with Crippen LogP contribution in [0.5, 0.6) is 0 Å². The Balaban J connectivity index is 1.58. The zero-order valence-electron chi connectivity index (χ0n) is 22.6. The van der Waals surface area contributed by atoms with E-state index in [0.29, 0.717) is 38.4 Å². The van der Waals surface area contributed by atoms with Crippen molar-refractivity contribution in [3.05, 3.63) is 107 Å². The second-order valence-electron chi connectivity index (χ2n) is 9.73. The maximum absolute atomic E-state index is 13.4. The molecule has 0 aliphatic rings. The molecule has 5 rings (SSSR count). The molecule has 2 N–H and O–H groups in total. The summed E-state index contributed by atoms with van der Waals surface area (Å²) in [5.41, 5.74) is 3.92. The smallest absolute Gasteiger partial charge is 0.377 e. The highest BCUT2D eigenvalue weighted by molar-refractivity contribution is 6.35. The zero-order chi connectivity index (χ0) is 29.9. The Hall–Kier alpha value is -4.69. The van der Waals surface area contributed by atoms with Crippen LogP contribution >= 0.6 is 11.6 Å². The quantitative estimate of drug-likeness (QED) is 0.182. The fourth-order valence-corrected chi connectivity index (χ4v) is 4.94. The van der Waals surface area contributed by atoms with Gasteiger partial charge in [0.05, 0.1) is 40.1 Å². The number of hydrogen-bond donors (Lipinski definition) is 2. The molecule has 42 heavy (non-hydrogen) atoms. The first kappa shape index (κ1) is 28.8. The predicted octanol–water partition coefficient (Wildman–Crippen LogP) is 7.63. The SMILES string of the molecule is CC[C@@H](Nc1c(C#N)cnc2c(Cl)cc(N[C@@H](c3cccnc3)c3cn(C(C)C(F)(F)F)nn3)cc12)c1ccccc1. The van der Waals surface area contributed by atoms with Gasteiger partial charge < -0.3 is 10.6 Å². The average Bonchev–Trinajstić information content (AvgIpc) is 3.48. The number of rotatable bonds is 9. The highest BCUT2D eigenvalue weighted by atomic mass is 35.5. The van der Waals surface area contributed by atoms with E-state index in [4.69, 9.17) is 11.6 Å². The van der Waals surface area contributed by atoms with Crippen LogP contribution in [0.15, 0.2) is 79.4 Å². The van der Waals surface area contributed by atoms with Crippen molar-refractivity contribution < 1.29 is 13.2 Å². The third-order valence-corrected chi connectivity index (χ3v) is 7.29. The van der Waals surface area contributed by atoms with E-state index in [-0.39, 0.29) is 11.7 Å². The summed E-state index contributed by atoms with van der Waals surface area (Å²) < 4.78 is 40.9. The van der Waals surface area contributed by atoms with Crippen molar-refractivity contribution in [3.8, 4) is 6.07 Å². The summed E-state index contributed by atoms with van der Waals surface area (Å²) in [6, 6.07) is 16.4. The number of alkyl halides is 3. The van der Waals surface area contributed by atoms with E-state index in [0.717, 1.165) is 23.6 Å². The van der Waals surface area contributed by atoms with E-state index < -0.39 is 18.3 Å². The number of fused-ring (bicyclic) bond motifs is 1. The molecule has 0 bridgehead atoms. The zero-order valence-corrected chi connectivity index (χ0v) is 23.4. The Morgan fingerprint density at radius 3 is 2.48 bits per heavy atom. The molecule has 0 aliphatic heterocycles. The van der Waals surface area contributed by atoms with Gasteiger partial charge >= 0.3 is 6.18 Å². The van der Waals surface area contributed by atoms with Crippen LogP contribution in [0.25, 0.3) is 10.9 Å². The van der Waals surface area contributed by atoms with Gasteiger partial charge in [-0.3, -0.25) is 9.97 Å². The summed E-state index contributed by atoms with van der Waals surface area (Å²) in [6.07, 6.45) is 2.21. The van der Waals surface area contributed by atoms with Crippen molar-refractivity contribution in [2.24, 2.45) is 0 Å². The van der Waals surface area contributed by atoms with E-state index >= 15 is 0 Å². The molecule has 3 atom stereocenters. The molecule has 0 spiro atoms. The third-order valence-electron chi connectivity index (χ3n) is 7.00. The van der Waals surface area contributed by atoms with Gasteiger partial charge in [-0.05, 0) is 42.7 Å². The molecule has 0 fully saturated rings. The summed E-state index contributed by atoms with van der Waals surface area (Å²) in [4.78, 5) is 8.61. The Morgan fingerprint density at radius 2 is 1.81 bits per heavy atom. The van der Waals surface area contributed by atoms with Crippen molar-refractivity contribution >= 4 is 33.9 Å². The molecule has 8 nitrogen and oxygen atoms in total. The topological polar surface area (TPSA) is 104 Å². The molecule has 12 heteroatoms. The number of nitrogens with one attached hydrogen (secondary N) is 2. The molecule has 5 aromatic rings. The van der Waals surface area contributed by atoms with Crippen LogP contribution in [0.1, 0.15) is 60.8 Å². The third kappa shape index (κ3) is 5.99. The Morgan fingerprint density at radius 1 is 1.05 bits per heavy atom. The maximum Gasteiger partial charge on any atom is 0.410 e. The lowest BCUT2D eigenvalue weighted by molar-refractivity contribution is -0.165. The lowest BCUT2D eigenvalue weighted by atomic mass is 10.0. The standard InChI is InChI=1S/C30H26ClF3N8/c1-3-25(19-8-5-4-6-9-19)39-27-21(14-35)16-37-29-23(27)12-22(13-24(29)31)38-28(20-10-7-11-36-15-20)26-17-42(41-40-26)18(2)30(32,33)34/h4-13,15-18,25,28,38H,3H2,1-2H3,(H,37,39)/t18?,25-,28+/m1/s1. The minimum absolute atomic E-state index is 0.0897. The predicted molar refractivity (Wildman–Crippen MR) is 155 cm³/mol. The van der Waals surface area contributed by atoms with E-state index in [2.05, 4.69) is 37.0 Å². The Labute approximate surface area is 245 Å². The van der Waals surface area contributed by atoms with Gasteiger partial charge in [-0.25, -0.2) is 4.68 Å². The second-order valence-corrected chi connectivity index (χ2v) is 10.1. The largest absolute Gasteiger partial charge is 0.410 e. The van der Waals surface area contributed by atoms with Crippen LogP contribution in [0.4, 0.5) is 24.5 Å². The fourth-order valence-electron chi connectivity index (χ4n) is 4.67. The number of nitriles is 1. The van der Waals surface area contributed by atoms with Gasteiger partial charge in [0.1, 0.15) is 17.8 Å². The van der Waals surface area contributed by atoms with Crippen LogP contribution < -0.4 is 10.6 Å². The minimum atomic E-state index is -4.49. The number of benzene rings is 2. The molecule has 2 aromatic carbocycles. The van der Waals surface area contributed by atoms with Gasteiger partial charge in [-0.15, -0.1) is 5.10 Å². The van der Waals surface area contributed by atoms with Crippen molar-refractivity contribution in [3.63, 3.8) is 0 Å². The number of hydrogen-bond acceptors (Lipinski definition) is 7. The van der Waals surface area contributed by atoms with Crippen molar-refractivity contribution in [2.45, 2.75) is 44.6 Å². The number of nitrogens with zero attached hydrogens (tertiary/aromatic N) is 6. The molecule has 3 aromatic heterocycles. The van der Waals surface area contributed by atoms with Gasteiger partial charge in [-0.2, -0.15) is 18.4 Å². The van der Waals surface area contributed by atoms with Crippen molar-refractivity contribution in [1.82, 2.24) is 25.0 Å². The summed E-state index contributed by atoms with van der Waals surface area (Å²) in [7, 11) is 0. The van der Waals surface area contributed by atoms with E-state index in [9.17, 15) is 18.4 Å². The second kappa shape index (κ2) is 12.0. The van der Waals surface area contributed by atoms with Gasteiger partial charge in [0.25, 0.3) is 0 Å². The Kier molecular flexibility index (Phi) is 8.27. The fraction of sp³-hybridized carbons (Fsp3) is 0.233. The molecule has 0 amide bonds. The molecular weight excluding hydrogens is 565 g/mol. The first-order chi connectivity index (χ1) is 20.2. The monoisotopic (exact) mass is 590 g/mol. The number of aromatic nitrogens is 5. The summed E-state index contributed by atoms with van der Waals surface area (Å²) in [5.74, 6) is 0. The van der Waals surface area contributed by atoms with Crippen LogP contribution in [-0.2, 0) is 0 Å². The van der Waals surface area contributed by atoms with E-state index in [1.807, 2.05) is 37.3 Å². The van der Waals surface area contributed by atoms with Crippen molar-refractivity contribution in [1.29, 1.82) is 5.26 Å². The number of pyridine rings is 2. The Bertz CT molecular complexity index is 1720. The van der Waals surface area contributed by atoms with Crippen LogP contribution in [0.2, 0.25) is 5.02 Å². The van der Waals surface area contributed by atoms with Gasteiger partial charge in [0.15, 0.2) is 0 Å². The average molecular weight is 591 g/mol. The molecule has 0 saturated carbocycles. The minimum Gasteiger partial charge on any atom is -0.377 e. The molecule has 0 aliphatic carbocycles. The highest BCUT2D eigenvalue weighted by Gasteiger charge is 2.38. The van der Waals surface area contributed by atoms with Crippen LogP contribution in [0, 0.1) is 11.3 Å². The van der Waals surface area contributed by atoms with E-state index in [1.54, 1.807) is 36.7 Å². The number of anilines is 2. The molecule has 1 unspecified atom stereocenters. The highest BCUT2D eigenvalue weighted by Crippen LogP contribution is 2.37. The summed E-state index contributed by atoms with van der Waals surface area (Å²) in [6.45, 7) is 3.06. The van der Waals surface area contributed by atoms with E-state index in [1.165, 1.54) is 12.4 Å². The lowest BCUT2D eigenvalue weighted by Gasteiger charge is -2.22. The van der Waals surface area contributed by atoms with Gasteiger partial charge in [-0.1, -0.05) is 60.1 Å². The normalized spacial score (nSPS) is 13.7. The molecule has 3 heterocycles. The summed E-state index contributed by atoms with van der Waals surface area (Å²) >= 11 is 6.71. The molecular formula is C30H26ClF3N8. The maximum atomic E-state index is 13.4. The first-order valence-corrected chi connectivity index (χ1v) is 13.6. The molecule has 0 saturated heterocycles. The lowest BCUT2D eigenvalue weighted by Crippen LogP contribution is -2.24. The molecule has 0 radical (unpaired) electrons. The number of halogens is 4. The first-order valence-electron chi connectivity index (χ1n) is 13.2. The molecule has 214 valence electrons. The van der Waals surface area contributed by atoms with Crippen molar-refractivity contribution in [2.75, 3.05) is 10.6 Å². The summed E-state index contributed by atoms with van der Waals surface area (Å²) in [5, 5.41) is 25.5. The van der Waals surface area contributed by atoms with Gasteiger partial charge in [0, 0.05) is 29.7 Å². The van der Waals surface area contributed by atoms with Crippen LogP contribution in [0.3, 0.4) is 0 Å². The van der Waals surface area contributed by atoms with Crippen LogP contribution in [-0.4, -0.2) is 31.1 Å². The van der Waals surface area contributed by atoms with Gasteiger partial charge in [0.2, 0.25) is 0 Å².